The molecule has 2 heterocycles. The first-order valence-corrected chi connectivity index (χ1v) is 10.8. The molecule has 0 radical (unpaired) electrons. The molecule has 0 saturated carbocycles. The molecule has 0 fully saturated rings. The summed E-state index contributed by atoms with van der Waals surface area (Å²) in [5, 5.41) is 13.6. The maximum Gasteiger partial charge on any atom is 0.258 e. The van der Waals surface area contributed by atoms with Gasteiger partial charge < -0.3 is 10.4 Å². The largest absolute Gasteiger partial charge is 0.508 e. The molecule has 0 bridgehead atoms. The average molecular weight is 438 g/mol. The van der Waals surface area contributed by atoms with Crippen molar-refractivity contribution in [2.45, 2.75) is 45.6 Å². The Bertz CT molecular complexity index is 1170. The average Bonchev–Trinajstić information content (AvgIpc) is 2.76. The number of fused-ring (bicyclic) bond motifs is 1. The van der Waals surface area contributed by atoms with Crippen LogP contribution >= 0.6 is 11.6 Å². The topological polar surface area (TPSA) is 66.6 Å². The number of rotatable bonds is 7. The maximum atomic E-state index is 12.9. The summed E-state index contributed by atoms with van der Waals surface area (Å²) < 4.78 is 1.48. The van der Waals surface area contributed by atoms with Gasteiger partial charge in [0, 0.05) is 29.1 Å². The van der Waals surface area contributed by atoms with Crippen molar-refractivity contribution >= 4 is 22.8 Å². The molecule has 2 aromatic rings. The van der Waals surface area contributed by atoms with Crippen molar-refractivity contribution in [3.05, 3.63) is 99.5 Å². The standard InChI is InChI=1S/C25H28ClN3O2/c1-5-6-12-22(16(2)18(4)30)27-17(3)21-13-20(26)15-29-24(31)14-23(28-25(21)29)19-10-8-7-9-11-19/h5-6,10,12-15,17,27,30H,2,4,7-9,11H2,1,3H3/b6-5-,22-12+. The second kappa shape index (κ2) is 9.84. The maximum absolute atomic E-state index is 12.9. The highest BCUT2D eigenvalue weighted by molar-refractivity contribution is 6.30. The van der Waals surface area contributed by atoms with Gasteiger partial charge in [-0.15, -0.1) is 0 Å². The number of aliphatic hydroxyl groups excluding tert-OH is 1. The van der Waals surface area contributed by atoms with Gasteiger partial charge in [0.25, 0.3) is 5.56 Å². The Morgan fingerprint density at radius 1 is 1.35 bits per heavy atom. The molecule has 0 amide bonds. The van der Waals surface area contributed by atoms with Crippen LogP contribution in [0.2, 0.25) is 5.02 Å². The number of pyridine rings is 1. The number of aliphatic hydroxyl groups is 1. The van der Waals surface area contributed by atoms with Crippen molar-refractivity contribution in [3.8, 4) is 0 Å². The van der Waals surface area contributed by atoms with Crippen LogP contribution in [0.1, 0.15) is 56.8 Å². The van der Waals surface area contributed by atoms with Crippen LogP contribution in [-0.4, -0.2) is 14.5 Å². The van der Waals surface area contributed by atoms with Crippen molar-refractivity contribution in [2.75, 3.05) is 0 Å². The minimum atomic E-state index is -0.274. The Balaban J connectivity index is 2.10. The molecule has 31 heavy (non-hydrogen) atoms. The Labute approximate surface area is 187 Å². The summed E-state index contributed by atoms with van der Waals surface area (Å²) in [6.07, 6.45) is 13.5. The minimum absolute atomic E-state index is 0.118. The summed E-state index contributed by atoms with van der Waals surface area (Å²) >= 11 is 6.34. The van der Waals surface area contributed by atoms with E-state index in [1.54, 1.807) is 12.3 Å². The van der Waals surface area contributed by atoms with E-state index in [0.29, 0.717) is 21.9 Å². The predicted octanol–water partition coefficient (Wildman–Crippen LogP) is 6.04. The van der Waals surface area contributed by atoms with Gasteiger partial charge >= 0.3 is 0 Å². The molecule has 1 unspecified atom stereocenters. The van der Waals surface area contributed by atoms with Crippen molar-refractivity contribution < 1.29 is 5.11 Å². The van der Waals surface area contributed by atoms with E-state index in [0.717, 1.165) is 36.1 Å². The Morgan fingerprint density at radius 3 is 2.77 bits per heavy atom. The van der Waals surface area contributed by atoms with Crippen molar-refractivity contribution in [3.63, 3.8) is 0 Å². The molecule has 2 N–H and O–H groups in total. The third kappa shape index (κ3) is 5.17. The third-order valence-corrected chi connectivity index (χ3v) is 5.55. The van der Waals surface area contributed by atoms with Crippen LogP contribution in [0.4, 0.5) is 0 Å². The van der Waals surface area contributed by atoms with E-state index in [4.69, 9.17) is 16.6 Å². The zero-order valence-electron chi connectivity index (χ0n) is 18.0. The molecule has 1 atom stereocenters. The first-order chi connectivity index (χ1) is 14.8. The first-order valence-electron chi connectivity index (χ1n) is 10.4. The van der Waals surface area contributed by atoms with Crippen LogP contribution in [0, 0.1) is 0 Å². The molecular weight excluding hydrogens is 410 g/mol. The molecule has 0 spiro atoms. The second-order valence-electron chi connectivity index (χ2n) is 7.66. The number of nitrogens with zero attached hydrogens (tertiary/aromatic N) is 2. The van der Waals surface area contributed by atoms with Crippen LogP contribution in [-0.2, 0) is 0 Å². The van der Waals surface area contributed by atoms with Crippen LogP contribution in [0.3, 0.4) is 0 Å². The zero-order valence-corrected chi connectivity index (χ0v) is 18.7. The number of nitrogens with one attached hydrogen (secondary N) is 1. The molecule has 0 aromatic carbocycles. The fourth-order valence-corrected chi connectivity index (χ4v) is 3.86. The van der Waals surface area contributed by atoms with Crippen molar-refractivity contribution in [1.82, 2.24) is 14.7 Å². The molecule has 5 nitrogen and oxygen atoms in total. The van der Waals surface area contributed by atoms with Crippen molar-refractivity contribution in [2.24, 2.45) is 0 Å². The summed E-state index contributed by atoms with van der Waals surface area (Å²) in [5.74, 6) is -0.118. The second-order valence-corrected chi connectivity index (χ2v) is 8.10. The molecule has 0 saturated heterocycles. The smallest absolute Gasteiger partial charge is 0.258 e. The summed E-state index contributed by atoms with van der Waals surface area (Å²) in [4.78, 5) is 17.7. The molecule has 1 aliphatic rings. The van der Waals surface area contributed by atoms with Gasteiger partial charge in [0.2, 0.25) is 0 Å². The molecule has 0 aliphatic heterocycles. The van der Waals surface area contributed by atoms with E-state index in [9.17, 15) is 9.90 Å². The van der Waals surface area contributed by atoms with Gasteiger partial charge in [-0.3, -0.25) is 9.20 Å². The predicted molar refractivity (Wildman–Crippen MR) is 128 cm³/mol. The highest BCUT2D eigenvalue weighted by atomic mass is 35.5. The molecule has 1 aliphatic carbocycles. The van der Waals surface area contributed by atoms with E-state index in [1.165, 1.54) is 10.8 Å². The van der Waals surface area contributed by atoms with Crippen molar-refractivity contribution in [1.29, 1.82) is 0 Å². The van der Waals surface area contributed by atoms with E-state index in [-0.39, 0.29) is 17.4 Å². The third-order valence-electron chi connectivity index (χ3n) is 5.34. The zero-order chi connectivity index (χ0) is 22.5. The van der Waals surface area contributed by atoms with Gasteiger partial charge in [-0.05, 0) is 57.2 Å². The lowest BCUT2D eigenvalue weighted by Gasteiger charge is -2.21. The summed E-state index contributed by atoms with van der Waals surface area (Å²) in [5.41, 5.74) is 3.99. The monoisotopic (exact) mass is 437 g/mol. The van der Waals surface area contributed by atoms with Crippen LogP contribution in [0.25, 0.3) is 11.2 Å². The highest BCUT2D eigenvalue weighted by Gasteiger charge is 2.18. The molecule has 3 rings (SSSR count). The Kier molecular flexibility index (Phi) is 7.18. The highest BCUT2D eigenvalue weighted by Crippen LogP contribution is 2.28. The first kappa shape index (κ1) is 22.6. The van der Waals surface area contributed by atoms with Gasteiger partial charge in [-0.25, -0.2) is 4.98 Å². The van der Waals surface area contributed by atoms with Crippen LogP contribution in [0.15, 0.2) is 77.6 Å². The molecule has 2 aromatic heterocycles. The Morgan fingerprint density at radius 2 is 2.13 bits per heavy atom. The normalized spacial score (nSPS) is 15.7. The lowest BCUT2D eigenvalue weighted by molar-refractivity contribution is 0.426. The summed E-state index contributed by atoms with van der Waals surface area (Å²) in [7, 11) is 0. The van der Waals surface area contributed by atoms with Crippen LogP contribution < -0.4 is 10.9 Å². The summed E-state index contributed by atoms with van der Waals surface area (Å²) in [6, 6.07) is 3.12. The van der Waals surface area contributed by atoms with Crippen LogP contribution in [0.5, 0.6) is 0 Å². The van der Waals surface area contributed by atoms with Gasteiger partial charge in [0.05, 0.1) is 16.8 Å². The minimum Gasteiger partial charge on any atom is -0.508 e. The fourth-order valence-electron chi connectivity index (χ4n) is 3.64. The quantitative estimate of drug-likeness (QED) is 0.409. The Hall–Kier alpha value is -3.05. The van der Waals surface area contributed by atoms with Gasteiger partial charge in [-0.2, -0.15) is 0 Å². The van der Waals surface area contributed by atoms with Gasteiger partial charge in [0.1, 0.15) is 11.4 Å². The van der Waals surface area contributed by atoms with Gasteiger partial charge in [0.15, 0.2) is 0 Å². The summed E-state index contributed by atoms with van der Waals surface area (Å²) in [6.45, 7) is 11.3. The number of hydrogen-bond acceptors (Lipinski definition) is 4. The van der Waals surface area contributed by atoms with Gasteiger partial charge in [-0.1, -0.05) is 43.0 Å². The lowest BCUT2D eigenvalue weighted by Crippen LogP contribution is -2.23. The fraction of sp³-hybridized carbons (Fsp3) is 0.280. The number of allylic oxidation sites excluding steroid dienone is 5. The number of aromatic nitrogens is 2. The number of hydrogen-bond donors (Lipinski definition) is 2. The van der Waals surface area contributed by atoms with E-state index in [2.05, 4.69) is 24.6 Å². The molecule has 162 valence electrons. The molecule has 6 heteroatoms. The lowest BCUT2D eigenvalue weighted by atomic mass is 9.97. The van der Waals surface area contributed by atoms with E-state index in [1.807, 2.05) is 38.1 Å². The van der Waals surface area contributed by atoms with E-state index < -0.39 is 0 Å². The number of halogens is 1. The SMILES string of the molecule is C=C(O)C(=C)/C(=C\C=C/C)NC(C)c1cc(Cl)cn2c(=O)cc(C3=CCCCC3)nc12. The molecular formula is C25H28ClN3O2. The van der Waals surface area contributed by atoms with E-state index >= 15 is 0 Å².